The second-order valence-corrected chi connectivity index (χ2v) is 11.4. The van der Waals surface area contributed by atoms with Crippen molar-refractivity contribution in [2.45, 2.75) is 97.6 Å². The minimum atomic E-state index is -0.878. The van der Waals surface area contributed by atoms with Crippen molar-refractivity contribution in [3.8, 4) is 0 Å². The average molecular weight is 516 g/mol. The highest BCUT2D eigenvalue weighted by Gasteiger charge is 2.43. The summed E-state index contributed by atoms with van der Waals surface area (Å²) in [6.45, 7) is 14.6. The maximum Gasteiger partial charge on any atom is 0.414 e. The van der Waals surface area contributed by atoms with E-state index in [0.29, 0.717) is 28.8 Å². The van der Waals surface area contributed by atoms with Crippen molar-refractivity contribution in [1.29, 1.82) is 0 Å². The van der Waals surface area contributed by atoms with Gasteiger partial charge in [0.1, 0.15) is 23.9 Å². The molecule has 0 bridgehead atoms. The van der Waals surface area contributed by atoms with Gasteiger partial charge in [0.25, 0.3) is 0 Å². The topological polar surface area (TPSA) is 94.5 Å². The predicted molar refractivity (Wildman–Crippen MR) is 142 cm³/mol. The van der Waals surface area contributed by atoms with Gasteiger partial charge in [-0.2, -0.15) is 0 Å². The molecule has 0 aliphatic carbocycles. The van der Waals surface area contributed by atoms with Crippen molar-refractivity contribution < 1.29 is 33.6 Å². The van der Waals surface area contributed by atoms with Crippen LogP contribution >= 0.6 is 0 Å². The molecule has 2 aliphatic heterocycles. The lowest BCUT2D eigenvalue weighted by Crippen LogP contribution is -2.34. The van der Waals surface area contributed by atoms with E-state index in [1.54, 1.807) is 25.3 Å². The summed E-state index contributed by atoms with van der Waals surface area (Å²) in [7, 11) is 1.63. The Morgan fingerprint density at radius 2 is 1.84 bits per heavy atom. The van der Waals surface area contributed by atoms with Gasteiger partial charge in [-0.3, -0.25) is 4.90 Å². The summed E-state index contributed by atoms with van der Waals surface area (Å²) in [6.07, 6.45) is 4.94. The molecule has 1 amide bonds. The molecular weight excluding hydrogens is 474 g/mol. The monoisotopic (exact) mass is 515 g/mol. The highest BCUT2D eigenvalue weighted by molar-refractivity contribution is 5.97. The van der Waals surface area contributed by atoms with Crippen molar-refractivity contribution in [3.05, 3.63) is 47.1 Å². The largest absolute Gasteiger partial charge is 0.458 e. The smallest absolute Gasteiger partial charge is 0.414 e. The number of aliphatic hydroxyl groups excluding tert-OH is 1. The Hall–Kier alpha value is -2.68. The second kappa shape index (κ2) is 11.0. The molecule has 1 N–H and O–H groups in total. The van der Waals surface area contributed by atoms with Gasteiger partial charge in [0.05, 0.1) is 11.7 Å². The molecule has 8 nitrogen and oxygen atoms in total. The molecule has 2 aliphatic rings. The average Bonchev–Trinajstić information content (AvgIpc) is 3.08. The number of benzene rings is 1. The van der Waals surface area contributed by atoms with Crippen molar-refractivity contribution in [1.82, 2.24) is 0 Å². The number of esters is 1. The number of aryl methyl sites for hydroxylation is 1. The zero-order chi connectivity index (χ0) is 27.7. The summed E-state index contributed by atoms with van der Waals surface area (Å²) in [4.78, 5) is 27.4. The number of nitrogens with zero attached hydrogens (tertiary/aromatic N) is 1. The lowest BCUT2D eigenvalue weighted by molar-refractivity contribution is -0.152. The standard InChI is InChI=1S/C29H41NO7/c1-17-13-14-22(31)25-23(35-29(7,8)36-25)12-10-11-20-16-21(30(9)27(33)37-28(4,5)6)15-18(2)24(20)26(32)34-19(17)3/h10-11,13-17,19,22-23,25,31H,12H2,1-9H3/b11-10+,14-13-/t17-,19+,22-,23+,25+/m1/s1. The van der Waals surface area contributed by atoms with E-state index in [4.69, 9.17) is 18.9 Å². The van der Waals surface area contributed by atoms with Gasteiger partial charge >= 0.3 is 12.1 Å². The molecule has 0 saturated carbocycles. The molecule has 37 heavy (non-hydrogen) atoms. The summed E-state index contributed by atoms with van der Waals surface area (Å²) in [5.41, 5.74) is 1.66. The van der Waals surface area contributed by atoms with E-state index in [0.717, 1.165) is 0 Å². The first-order valence-corrected chi connectivity index (χ1v) is 12.8. The molecule has 0 unspecified atom stereocenters. The van der Waals surface area contributed by atoms with Gasteiger partial charge in [0.2, 0.25) is 0 Å². The first-order chi connectivity index (χ1) is 17.1. The van der Waals surface area contributed by atoms with Gasteiger partial charge in [0, 0.05) is 18.7 Å². The molecule has 0 spiro atoms. The Morgan fingerprint density at radius 3 is 2.49 bits per heavy atom. The van der Waals surface area contributed by atoms with E-state index >= 15 is 0 Å². The van der Waals surface area contributed by atoms with E-state index in [-0.39, 0.29) is 12.0 Å². The second-order valence-electron chi connectivity index (χ2n) is 11.4. The fourth-order valence-electron chi connectivity index (χ4n) is 4.39. The molecule has 3 rings (SSSR count). The van der Waals surface area contributed by atoms with Crippen LogP contribution in [0.1, 0.15) is 76.4 Å². The van der Waals surface area contributed by atoms with Crippen LogP contribution in [0.4, 0.5) is 10.5 Å². The zero-order valence-corrected chi connectivity index (χ0v) is 23.4. The van der Waals surface area contributed by atoms with E-state index < -0.39 is 41.8 Å². The fourth-order valence-corrected chi connectivity index (χ4v) is 4.39. The number of carbonyl (C=O) groups excluding carboxylic acids is 2. The third-order valence-electron chi connectivity index (χ3n) is 6.48. The number of hydrogen-bond acceptors (Lipinski definition) is 7. The number of anilines is 1. The molecule has 1 saturated heterocycles. The van der Waals surface area contributed by atoms with Gasteiger partial charge in [-0.25, -0.2) is 9.59 Å². The van der Waals surface area contributed by atoms with Crippen LogP contribution in [0.15, 0.2) is 30.4 Å². The molecule has 1 aromatic carbocycles. The third kappa shape index (κ3) is 7.21. The Labute approximate surface area is 220 Å². The van der Waals surface area contributed by atoms with E-state index in [1.165, 1.54) is 4.90 Å². The van der Waals surface area contributed by atoms with E-state index in [2.05, 4.69) is 0 Å². The molecular formula is C29H41NO7. The number of hydrogen-bond donors (Lipinski definition) is 1. The maximum absolute atomic E-state index is 13.3. The van der Waals surface area contributed by atoms with Gasteiger partial charge in [-0.1, -0.05) is 31.2 Å². The maximum atomic E-state index is 13.3. The molecule has 0 radical (unpaired) electrons. The van der Waals surface area contributed by atoms with Gasteiger partial charge in [-0.15, -0.1) is 0 Å². The van der Waals surface area contributed by atoms with Crippen molar-refractivity contribution in [2.75, 3.05) is 11.9 Å². The van der Waals surface area contributed by atoms with Crippen molar-refractivity contribution in [3.63, 3.8) is 0 Å². The Morgan fingerprint density at radius 1 is 1.16 bits per heavy atom. The Balaban J connectivity index is 2.04. The molecule has 204 valence electrons. The first kappa shape index (κ1) is 28.9. The summed E-state index contributed by atoms with van der Waals surface area (Å²) in [5, 5.41) is 10.8. The lowest BCUT2D eigenvalue weighted by atomic mass is 9.97. The van der Waals surface area contributed by atoms with Gasteiger partial charge in [-0.05, 0) is 78.1 Å². The van der Waals surface area contributed by atoms with Gasteiger partial charge in [0.15, 0.2) is 5.79 Å². The van der Waals surface area contributed by atoms with Crippen LogP contribution in [0.3, 0.4) is 0 Å². The van der Waals surface area contributed by atoms with Crippen molar-refractivity contribution in [2.24, 2.45) is 5.92 Å². The summed E-state index contributed by atoms with van der Waals surface area (Å²) in [6, 6.07) is 3.55. The van der Waals surface area contributed by atoms with Gasteiger partial charge < -0.3 is 24.1 Å². The SMILES string of the molecule is Cc1cc(N(C)C(=O)OC(C)(C)C)cc2c1C(=O)O[C@@H](C)[C@H](C)/C=C\[C@@H](O)[C@@H]1OC(C)(C)O[C@H]1C/C=C/2. The third-order valence-corrected chi connectivity index (χ3v) is 6.48. The summed E-state index contributed by atoms with van der Waals surface area (Å²) in [5.74, 6) is -1.43. The summed E-state index contributed by atoms with van der Waals surface area (Å²) < 4.78 is 23.4. The Kier molecular flexibility index (Phi) is 8.57. The highest BCUT2D eigenvalue weighted by atomic mass is 16.8. The van der Waals surface area contributed by atoms with E-state index in [1.807, 2.05) is 73.6 Å². The van der Waals surface area contributed by atoms with Crippen LogP contribution in [0.2, 0.25) is 0 Å². The van der Waals surface area contributed by atoms with Crippen LogP contribution in [0.25, 0.3) is 6.08 Å². The van der Waals surface area contributed by atoms with Crippen LogP contribution in [0, 0.1) is 12.8 Å². The molecule has 1 aromatic rings. The molecule has 5 atom stereocenters. The van der Waals surface area contributed by atoms with Crippen LogP contribution in [0.5, 0.6) is 0 Å². The Bertz CT molecular complexity index is 1070. The van der Waals surface area contributed by atoms with Crippen molar-refractivity contribution >= 4 is 23.8 Å². The quantitative estimate of drug-likeness (QED) is 0.395. The number of ether oxygens (including phenoxy) is 4. The lowest BCUT2D eigenvalue weighted by Gasteiger charge is -2.26. The first-order valence-electron chi connectivity index (χ1n) is 12.8. The number of carbonyl (C=O) groups is 2. The number of cyclic esters (lactones) is 1. The fraction of sp³-hybridized carbons (Fsp3) is 0.586. The van der Waals surface area contributed by atoms with E-state index in [9.17, 15) is 14.7 Å². The minimum Gasteiger partial charge on any atom is -0.458 e. The number of rotatable bonds is 1. The zero-order valence-electron chi connectivity index (χ0n) is 23.4. The molecule has 8 heteroatoms. The predicted octanol–water partition coefficient (Wildman–Crippen LogP) is 5.40. The van der Waals surface area contributed by atoms with Crippen LogP contribution in [-0.4, -0.2) is 60.0 Å². The normalized spacial score (nSPS) is 29.8. The minimum absolute atomic E-state index is 0.146. The number of fused-ring (bicyclic) bond motifs is 2. The highest BCUT2D eigenvalue weighted by Crippen LogP contribution is 2.33. The number of aliphatic hydroxyl groups is 1. The molecule has 0 aromatic heterocycles. The molecule has 1 fully saturated rings. The van der Waals surface area contributed by atoms with Crippen LogP contribution in [-0.2, 0) is 18.9 Å². The molecule has 2 heterocycles. The number of amides is 1. The summed E-state index contributed by atoms with van der Waals surface area (Å²) >= 11 is 0. The van der Waals surface area contributed by atoms with Crippen LogP contribution < -0.4 is 4.90 Å².